The van der Waals surface area contributed by atoms with Crippen LogP contribution in [-0.4, -0.2) is 137 Å². The molecule has 4 N–H and O–H groups in total. The van der Waals surface area contributed by atoms with Gasteiger partial charge in [-0.2, -0.15) is 0 Å². The molecule has 0 unspecified atom stereocenters. The van der Waals surface area contributed by atoms with Crippen molar-refractivity contribution < 1.29 is 33.4 Å². The summed E-state index contributed by atoms with van der Waals surface area (Å²) in [7, 11) is 0. The molecular weight excluding hydrogens is 839 g/mol. The zero-order chi connectivity index (χ0) is 45.4. The molecule has 3 aromatic carbocycles. The van der Waals surface area contributed by atoms with Gasteiger partial charge in [0.15, 0.2) is 0 Å². The maximum absolute atomic E-state index is 14.3. The van der Waals surface area contributed by atoms with Crippen molar-refractivity contribution in [2.24, 2.45) is 0 Å². The van der Waals surface area contributed by atoms with Crippen molar-refractivity contribution in [3.63, 3.8) is 0 Å². The number of H-pyrrole nitrogens is 1. The van der Waals surface area contributed by atoms with E-state index < -0.39 is 18.1 Å². The Morgan fingerprint density at radius 2 is 1.14 bits per heavy atom. The van der Waals surface area contributed by atoms with Crippen LogP contribution in [0.15, 0.2) is 91.1 Å². The number of aromatic amines is 1. The maximum atomic E-state index is 14.3. The number of benzene rings is 3. The number of nitrogens with zero attached hydrogens (tertiary/aromatic N) is 5. The number of carbonyl (C=O) groups excluding carboxylic acids is 5. The fourth-order valence-electron chi connectivity index (χ4n) is 10.2. The summed E-state index contributed by atoms with van der Waals surface area (Å²) in [6, 6.07) is 24.1. The number of nitrogens with one attached hydrogen (secondary N) is 4. The predicted molar refractivity (Wildman–Crippen MR) is 246 cm³/mol. The molecule has 0 bridgehead atoms. The van der Waals surface area contributed by atoms with Crippen LogP contribution >= 0.6 is 0 Å². The Morgan fingerprint density at radius 1 is 0.606 bits per heavy atom. The molecule has 5 aliphatic rings. The molecule has 66 heavy (non-hydrogen) atoms. The highest BCUT2D eigenvalue weighted by Gasteiger charge is 2.41. The van der Waals surface area contributed by atoms with Crippen LogP contribution in [0.25, 0.3) is 11.3 Å². The van der Waals surface area contributed by atoms with Crippen molar-refractivity contribution in [2.75, 3.05) is 65.7 Å². The van der Waals surface area contributed by atoms with E-state index in [0.29, 0.717) is 83.6 Å². The monoisotopic (exact) mass is 899 g/mol. The summed E-state index contributed by atoms with van der Waals surface area (Å²) in [5, 5.41) is 9.28. The van der Waals surface area contributed by atoms with Crippen molar-refractivity contribution in [3.8, 4) is 11.3 Å². The lowest BCUT2D eigenvalue weighted by Crippen LogP contribution is -2.54. The lowest BCUT2D eigenvalue weighted by Gasteiger charge is -2.33. The molecule has 16 heteroatoms. The normalized spacial score (nSPS) is 23.2. The van der Waals surface area contributed by atoms with Gasteiger partial charge in [-0.15, -0.1) is 0 Å². The minimum atomic E-state index is -0.901. The predicted octanol–water partition coefficient (Wildman–Crippen LogP) is 5.44. The molecule has 5 heterocycles. The van der Waals surface area contributed by atoms with Gasteiger partial charge in [0.2, 0.25) is 11.8 Å². The lowest BCUT2D eigenvalue weighted by molar-refractivity contribution is -0.140. The second kappa shape index (κ2) is 20.9. The van der Waals surface area contributed by atoms with Crippen LogP contribution in [0, 0.1) is 0 Å². The number of carbonyl (C=O) groups is 5. The number of amides is 7. The van der Waals surface area contributed by atoms with Crippen LogP contribution in [0.3, 0.4) is 0 Å². The Morgan fingerprint density at radius 3 is 1.71 bits per heavy atom. The molecule has 1 aliphatic carbocycles. The number of hydrogen-bond acceptors (Lipinski definition) is 8. The second-order valence-electron chi connectivity index (χ2n) is 18.0. The third-order valence-corrected chi connectivity index (χ3v) is 13.9. The Bertz CT molecular complexity index is 2290. The Labute approximate surface area is 385 Å². The third kappa shape index (κ3) is 10.2. The van der Waals surface area contributed by atoms with Crippen molar-refractivity contribution >= 4 is 29.8 Å². The molecular formula is C50H61N9O7. The third-order valence-electron chi connectivity index (χ3n) is 13.9. The number of aromatic nitrogens is 2. The van der Waals surface area contributed by atoms with Crippen LogP contribution in [0.5, 0.6) is 0 Å². The lowest BCUT2D eigenvalue weighted by atomic mass is 9.81. The zero-order valence-electron chi connectivity index (χ0n) is 37.4. The van der Waals surface area contributed by atoms with E-state index in [1.807, 2.05) is 71.8 Å². The Kier molecular flexibility index (Phi) is 14.2. The van der Waals surface area contributed by atoms with Crippen LogP contribution in [-0.2, 0) is 23.9 Å². The first-order valence-corrected chi connectivity index (χ1v) is 23.7. The van der Waals surface area contributed by atoms with E-state index in [9.17, 15) is 24.0 Å². The van der Waals surface area contributed by atoms with Gasteiger partial charge in [0.05, 0.1) is 44.4 Å². The maximum Gasteiger partial charge on any atom is 0.318 e. The van der Waals surface area contributed by atoms with Gasteiger partial charge in [-0.3, -0.25) is 14.4 Å². The second-order valence-corrected chi connectivity index (χ2v) is 18.0. The Balaban J connectivity index is 0.787. The van der Waals surface area contributed by atoms with Gasteiger partial charge in [-0.05, 0) is 79.5 Å². The van der Waals surface area contributed by atoms with E-state index >= 15 is 0 Å². The van der Waals surface area contributed by atoms with E-state index in [4.69, 9.17) is 14.5 Å². The summed E-state index contributed by atoms with van der Waals surface area (Å²) in [6.07, 6.45) is 8.25. The van der Waals surface area contributed by atoms with Crippen molar-refractivity contribution in [3.05, 3.63) is 114 Å². The molecule has 1 saturated carbocycles. The average Bonchev–Trinajstić information content (AvgIpc) is 4.19. The van der Waals surface area contributed by atoms with E-state index in [2.05, 4.69) is 45.2 Å². The van der Waals surface area contributed by atoms with Crippen molar-refractivity contribution in [1.29, 1.82) is 0 Å². The van der Waals surface area contributed by atoms with E-state index in [-0.39, 0.29) is 41.9 Å². The number of morpholine rings is 2. The largest absolute Gasteiger partial charge is 0.378 e. The average molecular weight is 900 g/mol. The quantitative estimate of drug-likeness (QED) is 0.154. The first kappa shape index (κ1) is 44.9. The first-order valence-electron chi connectivity index (χ1n) is 23.7. The van der Waals surface area contributed by atoms with Gasteiger partial charge in [0, 0.05) is 45.3 Å². The van der Waals surface area contributed by atoms with Crippen molar-refractivity contribution in [1.82, 2.24) is 45.5 Å². The minimum Gasteiger partial charge on any atom is -0.378 e. The molecule has 348 valence electrons. The highest BCUT2D eigenvalue weighted by Crippen LogP contribution is 2.37. The summed E-state index contributed by atoms with van der Waals surface area (Å²) in [5.41, 5.74) is 4.54. The number of ether oxygens (including phenoxy) is 2. The van der Waals surface area contributed by atoms with E-state index in [1.54, 1.807) is 14.7 Å². The van der Waals surface area contributed by atoms with E-state index in [0.717, 1.165) is 67.6 Å². The molecule has 4 saturated heterocycles. The summed E-state index contributed by atoms with van der Waals surface area (Å²) in [6.45, 7) is 4.77. The van der Waals surface area contributed by atoms with Gasteiger partial charge < -0.3 is 50.0 Å². The molecule has 4 atom stereocenters. The fraction of sp³-hybridized carbons (Fsp3) is 0.480. The highest BCUT2D eigenvalue weighted by atomic mass is 16.5. The molecule has 7 amide bonds. The molecule has 5 fully saturated rings. The van der Waals surface area contributed by atoms with Gasteiger partial charge in [0.25, 0.3) is 5.91 Å². The number of imidazole rings is 1. The molecule has 4 aliphatic heterocycles. The molecule has 1 aromatic heterocycles. The smallest absolute Gasteiger partial charge is 0.318 e. The van der Waals surface area contributed by atoms with Gasteiger partial charge >= 0.3 is 12.1 Å². The number of likely N-dealkylation sites (tertiary alicyclic amines) is 2. The summed E-state index contributed by atoms with van der Waals surface area (Å²) in [5.74, 6) is 0.527. The van der Waals surface area contributed by atoms with Gasteiger partial charge in [0.1, 0.15) is 23.9 Å². The molecule has 9 rings (SSSR count). The van der Waals surface area contributed by atoms with Gasteiger partial charge in [-0.1, -0.05) is 84.9 Å². The number of rotatable bonds is 11. The van der Waals surface area contributed by atoms with Gasteiger partial charge in [-0.25, -0.2) is 14.6 Å². The van der Waals surface area contributed by atoms with Crippen molar-refractivity contribution in [2.45, 2.75) is 87.5 Å². The molecule has 0 radical (unpaired) electrons. The topological polar surface area (TPSA) is 182 Å². The molecule has 4 aromatic rings. The summed E-state index contributed by atoms with van der Waals surface area (Å²) in [4.78, 5) is 84.0. The fourth-order valence-corrected chi connectivity index (χ4v) is 10.2. The summed E-state index contributed by atoms with van der Waals surface area (Å²) < 4.78 is 10.8. The SMILES string of the molecule is O=C(N[C@H]1CC[C@H](c2ccc(-c3cnc([C@@H]4CCCN4C(=O)[C@H](NC(=O)N4CCOCC4)c4ccccc4)[nH]3)cc2)CC1)[C@@H]1CCCN1C(=O)[C@H](NC(=O)N1CCOCC1)c1ccccc1. The molecule has 16 nitrogen and oxygen atoms in total. The Hall–Kier alpha value is -6.26. The van der Waals surface area contributed by atoms with Crippen LogP contribution in [0.1, 0.15) is 97.9 Å². The van der Waals surface area contributed by atoms with E-state index in [1.165, 1.54) is 5.56 Å². The van der Waals surface area contributed by atoms with Crippen LogP contribution in [0.4, 0.5) is 9.59 Å². The number of hydrogen-bond donors (Lipinski definition) is 4. The highest BCUT2D eigenvalue weighted by molar-refractivity contribution is 5.93. The minimum absolute atomic E-state index is 0.0194. The molecule has 0 spiro atoms. The standard InChI is InChI=1S/C50H61N9O7/c60-46(42-14-8-24-59(42)48(62)44(38-11-5-2-6-12-38)55-50(64)57-27-31-66-32-28-57)52-39-21-19-35(20-22-39)34-15-17-36(18-16-34)40-33-51-45(53-40)41-13-7-23-58(41)47(61)43(37-9-3-1-4-10-37)54-49(63)56-25-29-65-30-26-56/h1-6,9-12,15-18,33,35,39,41-44H,7-8,13-14,19-32H2,(H,51,53)(H,52,60)(H,54,63)(H,55,64)/t35-,39-,41-,42-,43+,44+/m0/s1. The zero-order valence-corrected chi connectivity index (χ0v) is 37.4. The number of urea groups is 2. The first-order chi connectivity index (χ1) is 32.3. The van der Waals surface area contributed by atoms with Crippen LogP contribution in [0.2, 0.25) is 0 Å². The summed E-state index contributed by atoms with van der Waals surface area (Å²) >= 11 is 0. The van der Waals surface area contributed by atoms with Crippen LogP contribution < -0.4 is 16.0 Å².